The van der Waals surface area contributed by atoms with Gasteiger partial charge in [0.2, 0.25) is 0 Å². The van der Waals surface area contributed by atoms with Crippen LogP contribution in [0.3, 0.4) is 0 Å². The predicted molar refractivity (Wildman–Crippen MR) is 64.7 cm³/mol. The van der Waals surface area contributed by atoms with Crippen molar-refractivity contribution in [1.82, 2.24) is 10.3 Å². The van der Waals surface area contributed by atoms with E-state index in [9.17, 15) is 0 Å². The normalized spacial score (nSPS) is 11.1. The Morgan fingerprint density at radius 3 is 2.81 bits per heavy atom. The Morgan fingerprint density at radius 1 is 1.44 bits per heavy atom. The van der Waals surface area contributed by atoms with Gasteiger partial charge in [-0.25, -0.2) is 4.98 Å². The van der Waals surface area contributed by atoms with Crippen LogP contribution in [0.4, 0.5) is 0 Å². The molecule has 1 aromatic heterocycles. The molecule has 3 nitrogen and oxygen atoms in total. The van der Waals surface area contributed by atoms with Crippen molar-refractivity contribution in [1.29, 1.82) is 5.26 Å². The van der Waals surface area contributed by atoms with Gasteiger partial charge in [-0.15, -0.1) is 0 Å². The van der Waals surface area contributed by atoms with Crippen LogP contribution >= 0.6 is 0 Å². The minimum atomic E-state index is 0.347. The van der Waals surface area contributed by atoms with Crippen LogP contribution in [0, 0.1) is 16.7 Å². The number of pyridine rings is 1. The summed E-state index contributed by atoms with van der Waals surface area (Å²) in [6.07, 6.45) is 2.77. The molecule has 0 saturated heterocycles. The maximum Gasteiger partial charge on any atom is 0.144 e. The zero-order valence-corrected chi connectivity index (χ0v) is 10.2. The van der Waals surface area contributed by atoms with Crippen molar-refractivity contribution >= 4 is 0 Å². The summed E-state index contributed by atoms with van der Waals surface area (Å²) in [5, 5.41) is 12.2. The Labute approximate surface area is 97.5 Å². The average Bonchev–Trinajstić information content (AvgIpc) is 2.23. The molecule has 0 aliphatic rings. The molecule has 0 amide bonds. The quantitative estimate of drug-likeness (QED) is 0.788. The molecule has 0 unspecified atom stereocenters. The molecule has 1 rings (SSSR count). The van der Waals surface area contributed by atoms with E-state index in [1.807, 2.05) is 12.1 Å². The molecular formula is C13H19N3. The molecule has 16 heavy (non-hydrogen) atoms. The summed E-state index contributed by atoms with van der Waals surface area (Å²) in [7, 11) is 0. The number of hydrogen-bond donors (Lipinski definition) is 1. The molecule has 3 heteroatoms. The van der Waals surface area contributed by atoms with Crippen LogP contribution in [0.15, 0.2) is 18.3 Å². The second-order valence-electron chi connectivity index (χ2n) is 5.11. The zero-order valence-electron chi connectivity index (χ0n) is 10.2. The van der Waals surface area contributed by atoms with Crippen LogP contribution in [0.25, 0.3) is 0 Å². The number of rotatable bonds is 4. The standard InChI is InChI=1S/C13H19N3/c1-13(2,3)6-8-15-10-11-5-4-7-16-12(11)9-14/h4-5,7,15H,6,8,10H2,1-3H3. The van der Waals surface area contributed by atoms with Gasteiger partial charge in [0.15, 0.2) is 0 Å². The molecule has 0 radical (unpaired) electrons. The Morgan fingerprint density at radius 2 is 2.19 bits per heavy atom. The summed E-state index contributed by atoms with van der Waals surface area (Å²) >= 11 is 0. The van der Waals surface area contributed by atoms with Crippen molar-refractivity contribution < 1.29 is 0 Å². The van der Waals surface area contributed by atoms with Gasteiger partial charge in [-0.1, -0.05) is 26.8 Å². The summed E-state index contributed by atoms with van der Waals surface area (Å²) in [5.74, 6) is 0. The molecule has 0 atom stereocenters. The Kier molecular flexibility index (Phi) is 4.45. The lowest BCUT2D eigenvalue weighted by Crippen LogP contribution is -2.20. The first kappa shape index (κ1) is 12.7. The third-order valence-electron chi connectivity index (χ3n) is 2.36. The molecule has 0 aliphatic heterocycles. The van der Waals surface area contributed by atoms with Gasteiger partial charge < -0.3 is 5.32 Å². The van der Waals surface area contributed by atoms with E-state index in [1.54, 1.807) is 6.20 Å². The summed E-state index contributed by atoms with van der Waals surface area (Å²) < 4.78 is 0. The van der Waals surface area contributed by atoms with Gasteiger partial charge in [0.25, 0.3) is 0 Å². The maximum absolute atomic E-state index is 8.86. The molecule has 0 aliphatic carbocycles. The molecule has 0 fully saturated rings. The molecule has 0 spiro atoms. The Balaban J connectivity index is 2.41. The fourth-order valence-electron chi connectivity index (χ4n) is 1.37. The van der Waals surface area contributed by atoms with E-state index in [0.29, 0.717) is 17.7 Å². The van der Waals surface area contributed by atoms with Crippen LogP contribution in [0.2, 0.25) is 0 Å². The number of hydrogen-bond acceptors (Lipinski definition) is 3. The summed E-state index contributed by atoms with van der Waals surface area (Å²) in [6.45, 7) is 8.34. The minimum Gasteiger partial charge on any atom is -0.313 e. The lowest BCUT2D eigenvalue weighted by molar-refractivity contribution is 0.366. The Bertz CT molecular complexity index is 371. The van der Waals surface area contributed by atoms with Crippen molar-refractivity contribution in [3.05, 3.63) is 29.6 Å². The van der Waals surface area contributed by atoms with Crippen molar-refractivity contribution in [3.63, 3.8) is 0 Å². The van der Waals surface area contributed by atoms with Gasteiger partial charge in [-0.05, 0) is 24.4 Å². The third-order valence-corrected chi connectivity index (χ3v) is 2.36. The first-order chi connectivity index (χ1) is 7.53. The van der Waals surface area contributed by atoms with Crippen molar-refractivity contribution in [3.8, 4) is 6.07 Å². The SMILES string of the molecule is CC(C)(C)CCNCc1cccnc1C#N. The molecule has 86 valence electrons. The summed E-state index contributed by atoms with van der Waals surface area (Å²) in [5.41, 5.74) is 1.84. The lowest BCUT2D eigenvalue weighted by atomic mass is 9.92. The smallest absolute Gasteiger partial charge is 0.144 e. The van der Waals surface area contributed by atoms with Crippen molar-refractivity contribution in [2.24, 2.45) is 5.41 Å². The van der Waals surface area contributed by atoms with Gasteiger partial charge in [0, 0.05) is 18.3 Å². The fraction of sp³-hybridized carbons (Fsp3) is 0.538. The lowest BCUT2D eigenvalue weighted by Gasteiger charge is -2.18. The first-order valence-electron chi connectivity index (χ1n) is 5.57. The monoisotopic (exact) mass is 217 g/mol. The van der Waals surface area contributed by atoms with Crippen molar-refractivity contribution in [2.45, 2.75) is 33.7 Å². The highest BCUT2D eigenvalue weighted by atomic mass is 14.9. The molecule has 1 N–H and O–H groups in total. The average molecular weight is 217 g/mol. The van der Waals surface area contributed by atoms with E-state index >= 15 is 0 Å². The van der Waals surface area contributed by atoms with Crippen molar-refractivity contribution in [2.75, 3.05) is 6.54 Å². The van der Waals surface area contributed by atoms with Crippen LogP contribution in [-0.2, 0) is 6.54 Å². The number of aromatic nitrogens is 1. The third kappa shape index (κ3) is 4.41. The summed E-state index contributed by atoms with van der Waals surface area (Å²) in [4.78, 5) is 4.02. The second kappa shape index (κ2) is 5.62. The van der Waals surface area contributed by atoms with E-state index in [-0.39, 0.29) is 0 Å². The molecule has 0 saturated carbocycles. The number of nitrogens with one attached hydrogen (secondary N) is 1. The minimum absolute atomic E-state index is 0.347. The maximum atomic E-state index is 8.86. The fourth-order valence-corrected chi connectivity index (χ4v) is 1.37. The van der Waals surface area contributed by atoms with Gasteiger partial charge in [-0.2, -0.15) is 5.26 Å². The highest BCUT2D eigenvalue weighted by Gasteiger charge is 2.09. The van der Waals surface area contributed by atoms with Crippen LogP contribution in [-0.4, -0.2) is 11.5 Å². The topological polar surface area (TPSA) is 48.7 Å². The molecule has 0 bridgehead atoms. The van der Waals surface area contributed by atoms with Gasteiger partial charge in [0.05, 0.1) is 0 Å². The van der Waals surface area contributed by atoms with E-state index in [1.165, 1.54) is 0 Å². The molecule has 0 aromatic carbocycles. The highest BCUT2D eigenvalue weighted by Crippen LogP contribution is 2.17. The zero-order chi connectivity index (χ0) is 12.0. The van der Waals surface area contributed by atoms with Crippen LogP contribution in [0.1, 0.15) is 38.4 Å². The van der Waals surface area contributed by atoms with E-state index in [4.69, 9.17) is 5.26 Å². The van der Waals surface area contributed by atoms with Gasteiger partial charge in [-0.3, -0.25) is 0 Å². The Hall–Kier alpha value is -1.40. The first-order valence-corrected chi connectivity index (χ1v) is 5.57. The van der Waals surface area contributed by atoms with Gasteiger partial charge >= 0.3 is 0 Å². The summed E-state index contributed by atoms with van der Waals surface area (Å²) in [6, 6.07) is 5.90. The predicted octanol–water partition coefficient (Wildman–Crippen LogP) is 2.48. The van der Waals surface area contributed by atoms with Gasteiger partial charge in [0.1, 0.15) is 11.8 Å². The second-order valence-corrected chi connectivity index (χ2v) is 5.11. The van der Waals surface area contributed by atoms with E-state index in [2.05, 4.69) is 37.1 Å². The van der Waals surface area contributed by atoms with E-state index in [0.717, 1.165) is 18.5 Å². The molecule has 1 heterocycles. The molecular weight excluding hydrogens is 198 g/mol. The van der Waals surface area contributed by atoms with E-state index < -0.39 is 0 Å². The highest BCUT2D eigenvalue weighted by molar-refractivity contribution is 5.30. The number of nitrogens with zero attached hydrogens (tertiary/aromatic N) is 2. The largest absolute Gasteiger partial charge is 0.313 e. The number of nitriles is 1. The van der Waals surface area contributed by atoms with Crippen LogP contribution < -0.4 is 5.32 Å². The molecule has 1 aromatic rings. The van der Waals surface area contributed by atoms with Crippen LogP contribution in [0.5, 0.6) is 0 Å².